The Hall–Kier alpha value is -2.13. The number of carbonyl (C=O) groups excluding carboxylic acids is 1. The molecule has 2 aromatic rings. The van der Waals surface area contributed by atoms with Crippen LogP contribution in [0.4, 0.5) is 4.39 Å². The maximum absolute atomic E-state index is 14.1. The molecule has 8 heteroatoms. The largest absolute Gasteiger partial charge is 0.381 e. The van der Waals surface area contributed by atoms with Crippen molar-refractivity contribution in [3.05, 3.63) is 57.3 Å². The lowest BCUT2D eigenvalue weighted by molar-refractivity contribution is -0.128. The van der Waals surface area contributed by atoms with Crippen molar-refractivity contribution in [1.82, 2.24) is 14.8 Å². The van der Waals surface area contributed by atoms with Gasteiger partial charge in [0.05, 0.1) is 30.4 Å². The lowest BCUT2D eigenvalue weighted by Crippen LogP contribution is -2.58. The van der Waals surface area contributed by atoms with Gasteiger partial charge in [-0.05, 0) is 30.5 Å². The van der Waals surface area contributed by atoms with Gasteiger partial charge in [-0.2, -0.15) is 0 Å². The van der Waals surface area contributed by atoms with Gasteiger partial charge in [0.1, 0.15) is 11.5 Å². The number of aromatic nitrogens is 1. The molecule has 34 heavy (non-hydrogen) atoms. The van der Waals surface area contributed by atoms with Crippen LogP contribution < -0.4 is 0 Å². The highest BCUT2D eigenvalue weighted by Crippen LogP contribution is 2.32. The van der Waals surface area contributed by atoms with Crippen LogP contribution in [-0.2, 0) is 16.0 Å². The molecule has 1 spiro atoms. The fraction of sp³-hybridized carbons (Fsp3) is 0.538. The van der Waals surface area contributed by atoms with Gasteiger partial charge in [0.2, 0.25) is 0 Å². The molecule has 0 bridgehead atoms. The third kappa shape index (κ3) is 5.92. The number of halogens is 1. The van der Waals surface area contributed by atoms with Gasteiger partial charge in [-0.15, -0.1) is 11.3 Å². The minimum absolute atomic E-state index is 0.00799. The summed E-state index contributed by atoms with van der Waals surface area (Å²) in [7, 11) is 1.62. The number of amides is 1. The van der Waals surface area contributed by atoms with Crippen LogP contribution in [0.5, 0.6) is 0 Å². The topological polar surface area (TPSA) is 54.9 Å². The lowest BCUT2D eigenvalue weighted by Gasteiger charge is -2.47. The number of benzene rings is 1. The van der Waals surface area contributed by atoms with E-state index in [0.29, 0.717) is 43.5 Å². The Balaban J connectivity index is 1.34. The third-order valence-electron chi connectivity index (χ3n) is 6.56. The minimum Gasteiger partial charge on any atom is -0.381 e. The molecule has 0 atom stereocenters. The number of morpholine rings is 1. The second-order valence-corrected chi connectivity index (χ2v) is 10.4. The Bertz CT molecular complexity index is 1010. The molecule has 3 heterocycles. The average Bonchev–Trinajstić information content (AvgIpc) is 3.33. The van der Waals surface area contributed by atoms with Crippen LogP contribution in [0.15, 0.2) is 29.7 Å². The number of nitrogens with zero attached hydrogens (tertiary/aromatic N) is 3. The summed E-state index contributed by atoms with van der Waals surface area (Å²) in [6.45, 7) is 8.94. The smallest absolute Gasteiger partial charge is 0.273 e. The summed E-state index contributed by atoms with van der Waals surface area (Å²) < 4.78 is 25.4. The van der Waals surface area contributed by atoms with Crippen LogP contribution in [0.1, 0.15) is 59.2 Å². The molecule has 2 aliphatic rings. The van der Waals surface area contributed by atoms with Crippen LogP contribution in [0, 0.1) is 5.82 Å². The lowest BCUT2D eigenvalue weighted by atomic mass is 9.89. The second kappa shape index (κ2) is 11.1. The van der Waals surface area contributed by atoms with E-state index in [9.17, 15) is 9.18 Å². The highest BCUT2D eigenvalue weighted by Gasteiger charge is 2.41. The van der Waals surface area contributed by atoms with Crippen molar-refractivity contribution < 1.29 is 18.7 Å². The molecule has 1 amide bonds. The van der Waals surface area contributed by atoms with Crippen molar-refractivity contribution in [2.45, 2.75) is 44.8 Å². The molecule has 1 aromatic carbocycles. The van der Waals surface area contributed by atoms with E-state index in [1.807, 2.05) is 28.5 Å². The minimum atomic E-state index is -0.293. The van der Waals surface area contributed by atoms with Crippen molar-refractivity contribution in [2.24, 2.45) is 0 Å². The van der Waals surface area contributed by atoms with Crippen molar-refractivity contribution in [3.63, 3.8) is 0 Å². The van der Waals surface area contributed by atoms with Crippen LogP contribution in [0.25, 0.3) is 6.08 Å². The molecule has 0 saturated carbocycles. The van der Waals surface area contributed by atoms with Crippen LogP contribution in [0.3, 0.4) is 0 Å². The predicted octanol–water partition coefficient (Wildman–Crippen LogP) is 4.57. The van der Waals surface area contributed by atoms with E-state index in [1.54, 1.807) is 24.5 Å². The second-order valence-electron chi connectivity index (χ2n) is 9.47. The summed E-state index contributed by atoms with van der Waals surface area (Å²) in [5, 5.41) is 2.88. The molecule has 0 aliphatic carbocycles. The van der Waals surface area contributed by atoms with Gasteiger partial charge in [0.25, 0.3) is 5.91 Å². The van der Waals surface area contributed by atoms with Crippen molar-refractivity contribution in [3.8, 4) is 0 Å². The summed E-state index contributed by atoms with van der Waals surface area (Å²) >= 11 is 1.55. The van der Waals surface area contributed by atoms with Crippen LogP contribution in [0.2, 0.25) is 0 Å². The maximum atomic E-state index is 14.1. The monoisotopic (exact) mass is 487 g/mol. The highest BCUT2D eigenvalue weighted by atomic mass is 32.1. The zero-order valence-corrected chi connectivity index (χ0v) is 21.1. The van der Waals surface area contributed by atoms with Crippen LogP contribution in [-0.4, -0.2) is 72.8 Å². The molecule has 2 saturated heterocycles. The molecule has 2 aliphatic heterocycles. The van der Waals surface area contributed by atoms with Gasteiger partial charge in [-0.3, -0.25) is 9.69 Å². The van der Waals surface area contributed by atoms with E-state index in [2.05, 4.69) is 23.7 Å². The predicted molar refractivity (Wildman–Crippen MR) is 133 cm³/mol. The van der Waals surface area contributed by atoms with Crippen molar-refractivity contribution in [2.75, 3.05) is 46.5 Å². The maximum Gasteiger partial charge on any atom is 0.273 e. The number of hydrogen-bond acceptors (Lipinski definition) is 6. The van der Waals surface area contributed by atoms with Gasteiger partial charge in [0.15, 0.2) is 0 Å². The van der Waals surface area contributed by atoms with E-state index >= 15 is 0 Å². The number of ether oxygens (including phenoxy) is 2. The molecule has 2 fully saturated rings. The Morgan fingerprint density at radius 1 is 1.32 bits per heavy atom. The molecule has 0 unspecified atom stereocenters. The molecule has 4 rings (SSSR count). The summed E-state index contributed by atoms with van der Waals surface area (Å²) in [5.74, 6) is 0.105. The molecular formula is C26H34FN3O3S. The van der Waals surface area contributed by atoms with Gasteiger partial charge < -0.3 is 14.4 Å². The van der Waals surface area contributed by atoms with E-state index in [0.717, 1.165) is 43.0 Å². The Labute approximate surface area is 205 Å². The number of likely N-dealkylation sites (tertiary alicyclic amines) is 1. The number of piperidine rings is 1. The first-order valence-corrected chi connectivity index (χ1v) is 12.8. The zero-order chi connectivity index (χ0) is 24.1. The Morgan fingerprint density at radius 3 is 2.82 bits per heavy atom. The first-order valence-electron chi connectivity index (χ1n) is 11.9. The number of thiazole rings is 1. The fourth-order valence-corrected chi connectivity index (χ4v) is 5.41. The first kappa shape index (κ1) is 25.0. The van der Waals surface area contributed by atoms with Gasteiger partial charge in [-0.1, -0.05) is 32.1 Å². The summed E-state index contributed by atoms with van der Waals surface area (Å²) in [6, 6.07) is 5.29. The van der Waals surface area contributed by atoms with E-state index in [-0.39, 0.29) is 17.3 Å². The van der Waals surface area contributed by atoms with Gasteiger partial charge in [0, 0.05) is 50.2 Å². The van der Waals surface area contributed by atoms with Crippen molar-refractivity contribution >= 4 is 23.3 Å². The molecule has 6 nitrogen and oxygen atoms in total. The number of carbonyl (C=O) groups is 1. The standard InChI is InChI=1S/C26H34FN3O3S/c1-19(2)24-28-23(17-34-24)25(31)30-12-14-33-26(18-30)8-10-29(11-9-26)16-20-6-7-22(27)21(15-20)5-4-13-32-3/h4-7,15,17,19H,8-14,16,18H2,1-3H3/b5-4+. The number of rotatable bonds is 7. The summed E-state index contributed by atoms with van der Waals surface area (Å²) in [5.41, 5.74) is 1.92. The van der Waals surface area contributed by atoms with E-state index in [4.69, 9.17) is 9.47 Å². The third-order valence-corrected chi connectivity index (χ3v) is 7.71. The van der Waals surface area contributed by atoms with E-state index in [1.165, 1.54) is 6.07 Å². The number of hydrogen-bond donors (Lipinski definition) is 0. The van der Waals surface area contributed by atoms with Gasteiger partial charge in [-0.25, -0.2) is 9.37 Å². The fourth-order valence-electron chi connectivity index (χ4n) is 4.60. The summed E-state index contributed by atoms with van der Waals surface area (Å²) in [6.07, 6.45) is 5.32. The van der Waals surface area contributed by atoms with Gasteiger partial charge >= 0.3 is 0 Å². The SMILES string of the molecule is COC/C=C/c1cc(CN2CCC3(CC2)CN(C(=O)c2csc(C(C)C)n2)CCO3)ccc1F. The van der Waals surface area contributed by atoms with Crippen LogP contribution >= 0.6 is 11.3 Å². The Morgan fingerprint density at radius 2 is 2.12 bits per heavy atom. The molecule has 0 radical (unpaired) electrons. The molecule has 184 valence electrons. The average molecular weight is 488 g/mol. The van der Waals surface area contributed by atoms with E-state index < -0.39 is 0 Å². The number of methoxy groups -OCH3 is 1. The zero-order valence-electron chi connectivity index (χ0n) is 20.3. The highest BCUT2D eigenvalue weighted by molar-refractivity contribution is 7.09. The normalized spacial score (nSPS) is 18.9. The quantitative estimate of drug-likeness (QED) is 0.573. The first-order chi connectivity index (χ1) is 16.4. The molecular weight excluding hydrogens is 453 g/mol. The molecule has 1 aromatic heterocycles. The molecule has 0 N–H and O–H groups in total. The Kier molecular flexibility index (Phi) is 8.14. The van der Waals surface area contributed by atoms with Crippen molar-refractivity contribution in [1.29, 1.82) is 0 Å². The summed E-state index contributed by atoms with van der Waals surface area (Å²) in [4.78, 5) is 21.9.